The van der Waals surface area contributed by atoms with Crippen molar-refractivity contribution in [2.24, 2.45) is 11.8 Å². The Morgan fingerprint density at radius 3 is 2.24 bits per heavy atom. The lowest BCUT2D eigenvalue weighted by atomic mass is 9.92. The maximum atomic E-state index is 9.97. The second kappa shape index (κ2) is 6.17. The largest absolute Gasteiger partial charge is 0.389 e. The number of aliphatic hydroxyl groups is 1. The van der Waals surface area contributed by atoms with Crippen molar-refractivity contribution in [2.45, 2.75) is 52.7 Å². The fourth-order valence-corrected chi connectivity index (χ4v) is 2.64. The molecule has 3 heteroatoms. The minimum absolute atomic E-state index is 0.163. The zero-order valence-electron chi connectivity index (χ0n) is 12.1. The van der Waals surface area contributed by atoms with Crippen molar-refractivity contribution in [3.8, 4) is 0 Å². The first kappa shape index (κ1) is 14.9. The summed E-state index contributed by atoms with van der Waals surface area (Å²) in [4.78, 5) is 2.37. The van der Waals surface area contributed by atoms with Gasteiger partial charge in [-0.15, -0.1) is 0 Å². The highest BCUT2D eigenvalue weighted by Crippen LogP contribution is 2.21. The highest BCUT2D eigenvalue weighted by atomic mass is 16.5. The quantitative estimate of drug-likeness (QED) is 0.821. The van der Waals surface area contributed by atoms with E-state index >= 15 is 0 Å². The van der Waals surface area contributed by atoms with Crippen LogP contribution in [0.15, 0.2) is 0 Å². The van der Waals surface area contributed by atoms with E-state index in [1.807, 2.05) is 20.8 Å². The molecule has 17 heavy (non-hydrogen) atoms. The van der Waals surface area contributed by atoms with Crippen LogP contribution < -0.4 is 0 Å². The van der Waals surface area contributed by atoms with Crippen LogP contribution >= 0.6 is 0 Å². The monoisotopic (exact) mass is 243 g/mol. The summed E-state index contributed by atoms with van der Waals surface area (Å²) in [5.74, 6) is 1.49. The van der Waals surface area contributed by atoms with Crippen LogP contribution in [0.1, 0.15) is 41.0 Å². The summed E-state index contributed by atoms with van der Waals surface area (Å²) in [5, 5.41) is 9.97. The molecule has 0 aromatic carbocycles. The van der Waals surface area contributed by atoms with Gasteiger partial charge in [0.25, 0.3) is 0 Å². The maximum Gasteiger partial charge on any atom is 0.0900 e. The second-order valence-electron chi connectivity index (χ2n) is 6.74. The van der Waals surface area contributed by atoms with Crippen LogP contribution in [0.3, 0.4) is 0 Å². The first-order valence-electron chi connectivity index (χ1n) is 6.80. The molecule has 1 saturated heterocycles. The molecule has 0 amide bonds. The number of rotatable bonds is 4. The number of hydrogen-bond acceptors (Lipinski definition) is 3. The van der Waals surface area contributed by atoms with Gasteiger partial charge in [0.15, 0.2) is 0 Å². The Morgan fingerprint density at radius 1 is 1.24 bits per heavy atom. The first-order chi connectivity index (χ1) is 7.76. The number of nitrogens with zero attached hydrogens (tertiary/aromatic N) is 1. The summed E-state index contributed by atoms with van der Waals surface area (Å²) in [6.07, 6.45) is 0.942. The molecule has 0 unspecified atom stereocenters. The van der Waals surface area contributed by atoms with Crippen molar-refractivity contribution in [1.82, 2.24) is 4.90 Å². The molecule has 102 valence electrons. The van der Waals surface area contributed by atoms with E-state index < -0.39 is 0 Å². The summed E-state index contributed by atoms with van der Waals surface area (Å²) in [6.45, 7) is 14.0. The van der Waals surface area contributed by atoms with Crippen LogP contribution in [0.25, 0.3) is 0 Å². The van der Waals surface area contributed by atoms with Crippen molar-refractivity contribution < 1.29 is 9.84 Å². The number of aliphatic hydroxyl groups excluding tert-OH is 1. The third-order valence-electron chi connectivity index (χ3n) is 3.12. The van der Waals surface area contributed by atoms with Crippen LogP contribution in [0.2, 0.25) is 0 Å². The summed E-state index contributed by atoms with van der Waals surface area (Å²) in [5.41, 5.74) is -0.163. The standard InChI is InChI=1S/C14H29NO2/c1-11-6-12(2)8-15(7-11)9-13(16)10-17-14(3,4)5/h11-13,16H,6-10H2,1-5H3/t11-,12-,13-/m1/s1. The summed E-state index contributed by atoms with van der Waals surface area (Å²) < 4.78 is 5.61. The van der Waals surface area contributed by atoms with Gasteiger partial charge in [0.2, 0.25) is 0 Å². The van der Waals surface area contributed by atoms with Crippen LogP contribution in [-0.4, -0.2) is 48.0 Å². The fraction of sp³-hybridized carbons (Fsp3) is 1.00. The average molecular weight is 243 g/mol. The topological polar surface area (TPSA) is 32.7 Å². The smallest absolute Gasteiger partial charge is 0.0900 e. The molecule has 0 bridgehead atoms. The zero-order valence-corrected chi connectivity index (χ0v) is 12.1. The van der Waals surface area contributed by atoms with E-state index in [0.717, 1.165) is 31.5 Å². The zero-order chi connectivity index (χ0) is 13.1. The highest BCUT2D eigenvalue weighted by Gasteiger charge is 2.24. The molecular formula is C14H29NO2. The van der Waals surface area contributed by atoms with E-state index in [9.17, 15) is 5.11 Å². The lowest BCUT2D eigenvalue weighted by molar-refractivity contribution is -0.0596. The Balaban J connectivity index is 2.28. The van der Waals surface area contributed by atoms with E-state index in [4.69, 9.17) is 4.74 Å². The van der Waals surface area contributed by atoms with Crippen LogP contribution in [-0.2, 0) is 4.74 Å². The van der Waals surface area contributed by atoms with Gasteiger partial charge in [-0.1, -0.05) is 13.8 Å². The summed E-state index contributed by atoms with van der Waals surface area (Å²) in [6, 6.07) is 0. The van der Waals surface area contributed by atoms with E-state index in [-0.39, 0.29) is 11.7 Å². The molecule has 0 saturated carbocycles. The number of likely N-dealkylation sites (tertiary alicyclic amines) is 1. The molecule has 0 radical (unpaired) electrons. The molecule has 0 aliphatic carbocycles. The Kier molecular flexibility index (Phi) is 5.42. The molecule has 1 rings (SSSR count). The summed E-state index contributed by atoms with van der Waals surface area (Å²) >= 11 is 0. The van der Waals surface area contributed by atoms with Gasteiger partial charge in [-0.25, -0.2) is 0 Å². The molecule has 1 heterocycles. The predicted octanol–water partition coefficient (Wildman–Crippen LogP) is 2.14. The van der Waals surface area contributed by atoms with Crippen molar-refractivity contribution in [2.75, 3.05) is 26.2 Å². The van der Waals surface area contributed by atoms with Gasteiger partial charge >= 0.3 is 0 Å². The lowest BCUT2D eigenvalue weighted by Gasteiger charge is -2.36. The minimum atomic E-state index is -0.369. The molecule has 1 N–H and O–H groups in total. The second-order valence-corrected chi connectivity index (χ2v) is 6.74. The molecule has 0 aromatic rings. The van der Waals surface area contributed by atoms with Gasteiger partial charge in [0, 0.05) is 19.6 Å². The number of piperidine rings is 1. The molecule has 1 aliphatic heterocycles. The van der Waals surface area contributed by atoms with Gasteiger partial charge in [-0.05, 0) is 39.0 Å². The van der Waals surface area contributed by atoms with E-state index in [2.05, 4.69) is 18.7 Å². The fourth-order valence-electron chi connectivity index (χ4n) is 2.64. The molecule has 3 nitrogen and oxygen atoms in total. The van der Waals surface area contributed by atoms with E-state index in [1.165, 1.54) is 6.42 Å². The lowest BCUT2D eigenvalue weighted by Crippen LogP contribution is -2.44. The van der Waals surface area contributed by atoms with E-state index in [1.54, 1.807) is 0 Å². The Hall–Kier alpha value is -0.120. The molecule has 1 aliphatic rings. The van der Waals surface area contributed by atoms with Crippen molar-refractivity contribution >= 4 is 0 Å². The van der Waals surface area contributed by atoms with Crippen LogP contribution in [0, 0.1) is 11.8 Å². The Labute approximate surface area is 106 Å². The number of β-amino-alcohol motifs (C(OH)–C–C–N with tert-alkyl or cyclic N) is 1. The number of hydrogen-bond donors (Lipinski definition) is 1. The van der Waals surface area contributed by atoms with Gasteiger partial charge < -0.3 is 14.7 Å². The van der Waals surface area contributed by atoms with Gasteiger partial charge in [-0.3, -0.25) is 0 Å². The average Bonchev–Trinajstić information content (AvgIpc) is 2.11. The first-order valence-corrected chi connectivity index (χ1v) is 6.80. The summed E-state index contributed by atoms with van der Waals surface area (Å²) in [7, 11) is 0. The maximum absolute atomic E-state index is 9.97. The van der Waals surface area contributed by atoms with Crippen LogP contribution in [0.4, 0.5) is 0 Å². The molecule has 3 atom stereocenters. The molecule has 0 aromatic heterocycles. The Bertz CT molecular complexity index is 215. The van der Waals surface area contributed by atoms with Gasteiger partial charge in [-0.2, -0.15) is 0 Å². The third kappa shape index (κ3) is 6.39. The Morgan fingerprint density at radius 2 is 1.76 bits per heavy atom. The molecule has 1 fully saturated rings. The third-order valence-corrected chi connectivity index (χ3v) is 3.12. The van der Waals surface area contributed by atoms with Gasteiger partial charge in [0.1, 0.15) is 0 Å². The molecular weight excluding hydrogens is 214 g/mol. The van der Waals surface area contributed by atoms with Crippen molar-refractivity contribution in [3.05, 3.63) is 0 Å². The minimum Gasteiger partial charge on any atom is -0.389 e. The number of ether oxygens (including phenoxy) is 1. The van der Waals surface area contributed by atoms with Crippen LogP contribution in [0.5, 0.6) is 0 Å². The predicted molar refractivity (Wildman–Crippen MR) is 71.1 cm³/mol. The van der Waals surface area contributed by atoms with Crippen molar-refractivity contribution in [1.29, 1.82) is 0 Å². The van der Waals surface area contributed by atoms with E-state index in [0.29, 0.717) is 6.61 Å². The molecule has 0 spiro atoms. The normalized spacial score (nSPS) is 29.3. The highest BCUT2D eigenvalue weighted by molar-refractivity contribution is 4.76. The van der Waals surface area contributed by atoms with Gasteiger partial charge in [0.05, 0.1) is 18.3 Å². The van der Waals surface area contributed by atoms with Crippen molar-refractivity contribution in [3.63, 3.8) is 0 Å². The SMILES string of the molecule is C[C@@H]1C[C@@H](C)CN(C[C@@H](O)COC(C)(C)C)C1.